The van der Waals surface area contributed by atoms with Crippen molar-refractivity contribution in [2.45, 2.75) is 32.1 Å². The summed E-state index contributed by atoms with van der Waals surface area (Å²) >= 11 is 0. The highest BCUT2D eigenvalue weighted by molar-refractivity contribution is 5.75. The molecule has 21 heavy (non-hydrogen) atoms. The van der Waals surface area contributed by atoms with Crippen LogP contribution in [0.4, 0.5) is 17.3 Å². The van der Waals surface area contributed by atoms with Crippen LogP contribution in [0.2, 0.25) is 0 Å². The van der Waals surface area contributed by atoms with E-state index in [0.29, 0.717) is 5.69 Å². The van der Waals surface area contributed by atoms with Crippen molar-refractivity contribution in [2.24, 2.45) is 0 Å². The SMILES string of the molecule is Nc1c(NCCN2CCCCC2)ncnc1N1CCCC1. The van der Waals surface area contributed by atoms with Crippen molar-refractivity contribution in [1.82, 2.24) is 14.9 Å². The normalized spacial score (nSPS) is 19.9. The fourth-order valence-electron chi connectivity index (χ4n) is 3.22. The van der Waals surface area contributed by atoms with E-state index in [1.165, 1.54) is 45.2 Å². The Hall–Kier alpha value is -1.56. The van der Waals surface area contributed by atoms with Gasteiger partial charge in [0.05, 0.1) is 0 Å². The Morgan fingerprint density at radius 3 is 2.48 bits per heavy atom. The molecule has 6 heteroatoms. The molecule has 0 unspecified atom stereocenters. The van der Waals surface area contributed by atoms with Crippen LogP contribution in [0.1, 0.15) is 32.1 Å². The second-order valence-corrected chi connectivity index (χ2v) is 5.98. The molecule has 2 fully saturated rings. The molecule has 0 amide bonds. The van der Waals surface area contributed by atoms with E-state index in [-0.39, 0.29) is 0 Å². The molecule has 2 saturated heterocycles. The summed E-state index contributed by atoms with van der Waals surface area (Å²) in [6.45, 7) is 6.49. The van der Waals surface area contributed by atoms with Crippen molar-refractivity contribution in [3.05, 3.63) is 6.33 Å². The molecule has 1 aromatic rings. The van der Waals surface area contributed by atoms with Crippen LogP contribution in [0, 0.1) is 0 Å². The van der Waals surface area contributed by atoms with Gasteiger partial charge >= 0.3 is 0 Å². The number of hydrogen-bond donors (Lipinski definition) is 2. The Morgan fingerprint density at radius 1 is 1.00 bits per heavy atom. The number of nitrogens with zero attached hydrogens (tertiary/aromatic N) is 4. The number of nitrogens with one attached hydrogen (secondary N) is 1. The van der Waals surface area contributed by atoms with E-state index >= 15 is 0 Å². The van der Waals surface area contributed by atoms with Gasteiger partial charge in [0, 0.05) is 26.2 Å². The molecule has 1 aromatic heterocycles. The Balaban J connectivity index is 1.56. The molecule has 3 heterocycles. The number of likely N-dealkylation sites (tertiary alicyclic amines) is 1. The standard InChI is InChI=1S/C15H26N6/c16-13-14(17-6-11-20-7-2-1-3-8-20)18-12-19-15(13)21-9-4-5-10-21/h12H,1-11,16H2,(H,17,18,19). The lowest BCUT2D eigenvalue weighted by Crippen LogP contribution is -2.34. The summed E-state index contributed by atoms with van der Waals surface area (Å²) in [6, 6.07) is 0. The largest absolute Gasteiger partial charge is 0.393 e. The molecule has 0 atom stereocenters. The van der Waals surface area contributed by atoms with Crippen LogP contribution in [0.5, 0.6) is 0 Å². The summed E-state index contributed by atoms with van der Waals surface area (Å²) in [5.41, 5.74) is 6.93. The lowest BCUT2D eigenvalue weighted by Gasteiger charge is -2.26. The Kier molecular flexibility index (Phi) is 4.75. The molecular formula is C15H26N6. The average Bonchev–Trinajstić information content (AvgIpc) is 3.04. The number of rotatable bonds is 5. The number of anilines is 3. The zero-order valence-electron chi connectivity index (χ0n) is 12.7. The fraction of sp³-hybridized carbons (Fsp3) is 0.733. The van der Waals surface area contributed by atoms with Crippen molar-refractivity contribution < 1.29 is 0 Å². The minimum absolute atomic E-state index is 0.693. The maximum atomic E-state index is 6.24. The predicted octanol–water partition coefficient (Wildman–Crippen LogP) is 1.56. The lowest BCUT2D eigenvalue weighted by molar-refractivity contribution is 0.237. The first-order valence-corrected chi connectivity index (χ1v) is 8.16. The highest BCUT2D eigenvalue weighted by Crippen LogP contribution is 2.28. The van der Waals surface area contributed by atoms with Crippen LogP contribution in [-0.2, 0) is 0 Å². The van der Waals surface area contributed by atoms with E-state index < -0.39 is 0 Å². The van der Waals surface area contributed by atoms with Crippen molar-refractivity contribution in [1.29, 1.82) is 0 Å². The number of hydrogen-bond acceptors (Lipinski definition) is 6. The minimum atomic E-state index is 0.693. The third-order valence-corrected chi connectivity index (χ3v) is 4.44. The first-order valence-electron chi connectivity index (χ1n) is 8.16. The summed E-state index contributed by atoms with van der Waals surface area (Å²) in [4.78, 5) is 13.4. The summed E-state index contributed by atoms with van der Waals surface area (Å²) in [6.07, 6.45) is 8.10. The van der Waals surface area contributed by atoms with E-state index in [9.17, 15) is 0 Å². The number of nitrogens with two attached hydrogens (primary N) is 1. The number of nitrogen functional groups attached to an aromatic ring is 1. The maximum Gasteiger partial charge on any atom is 0.157 e. The predicted molar refractivity (Wildman–Crippen MR) is 86.7 cm³/mol. The Labute approximate surface area is 126 Å². The summed E-state index contributed by atoms with van der Waals surface area (Å²) in [5, 5.41) is 3.38. The van der Waals surface area contributed by atoms with Gasteiger partial charge < -0.3 is 20.9 Å². The van der Waals surface area contributed by atoms with Crippen LogP contribution in [-0.4, -0.2) is 54.1 Å². The molecule has 3 N–H and O–H groups in total. The highest BCUT2D eigenvalue weighted by Gasteiger charge is 2.18. The number of aromatic nitrogens is 2. The first kappa shape index (κ1) is 14.4. The molecular weight excluding hydrogens is 264 g/mol. The monoisotopic (exact) mass is 290 g/mol. The minimum Gasteiger partial charge on any atom is -0.393 e. The van der Waals surface area contributed by atoms with Gasteiger partial charge in [-0.2, -0.15) is 0 Å². The lowest BCUT2D eigenvalue weighted by atomic mass is 10.1. The van der Waals surface area contributed by atoms with Crippen LogP contribution >= 0.6 is 0 Å². The van der Waals surface area contributed by atoms with Crippen molar-refractivity contribution in [2.75, 3.05) is 55.2 Å². The molecule has 6 nitrogen and oxygen atoms in total. The van der Waals surface area contributed by atoms with Gasteiger partial charge in [-0.05, 0) is 38.8 Å². The zero-order valence-corrected chi connectivity index (χ0v) is 12.7. The van der Waals surface area contributed by atoms with E-state index in [4.69, 9.17) is 5.73 Å². The van der Waals surface area contributed by atoms with Gasteiger partial charge in [0.2, 0.25) is 0 Å². The van der Waals surface area contributed by atoms with Gasteiger partial charge in [-0.15, -0.1) is 0 Å². The number of piperidine rings is 1. The molecule has 0 spiro atoms. The summed E-state index contributed by atoms with van der Waals surface area (Å²) < 4.78 is 0. The van der Waals surface area contributed by atoms with E-state index in [0.717, 1.165) is 37.8 Å². The maximum absolute atomic E-state index is 6.24. The van der Waals surface area contributed by atoms with Crippen molar-refractivity contribution >= 4 is 17.3 Å². The van der Waals surface area contributed by atoms with Gasteiger partial charge in [-0.25, -0.2) is 9.97 Å². The molecule has 2 aliphatic heterocycles. The Morgan fingerprint density at radius 2 is 1.71 bits per heavy atom. The molecule has 0 aliphatic carbocycles. The molecule has 3 rings (SSSR count). The molecule has 0 saturated carbocycles. The van der Waals surface area contributed by atoms with Crippen LogP contribution < -0.4 is 16.0 Å². The quantitative estimate of drug-likeness (QED) is 0.857. The second-order valence-electron chi connectivity index (χ2n) is 5.98. The van der Waals surface area contributed by atoms with Gasteiger partial charge in [-0.1, -0.05) is 6.42 Å². The molecule has 0 bridgehead atoms. The average molecular weight is 290 g/mol. The van der Waals surface area contributed by atoms with Gasteiger partial charge in [-0.3, -0.25) is 0 Å². The fourth-order valence-corrected chi connectivity index (χ4v) is 3.22. The smallest absolute Gasteiger partial charge is 0.157 e. The van der Waals surface area contributed by atoms with E-state index in [1.54, 1.807) is 6.33 Å². The third kappa shape index (κ3) is 3.56. The summed E-state index contributed by atoms with van der Waals surface area (Å²) in [5.74, 6) is 1.67. The molecule has 0 radical (unpaired) electrons. The van der Waals surface area contributed by atoms with Gasteiger partial charge in [0.15, 0.2) is 11.6 Å². The van der Waals surface area contributed by atoms with Crippen LogP contribution in [0.15, 0.2) is 6.33 Å². The van der Waals surface area contributed by atoms with Crippen molar-refractivity contribution in [3.8, 4) is 0 Å². The topological polar surface area (TPSA) is 70.3 Å². The van der Waals surface area contributed by atoms with Crippen LogP contribution in [0.25, 0.3) is 0 Å². The second kappa shape index (κ2) is 6.93. The highest BCUT2D eigenvalue weighted by atomic mass is 15.2. The van der Waals surface area contributed by atoms with Crippen LogP contribution in [0.3, 0.4) is 0 Å². The van der Waals surface area contributed by atoms with Gasteiger partial charge in [0.25, 0.3) is 0 Å². The third-order valence-electron chi connectivity index (χ3n) is 4.44. The van der Waals surface area contributed by atoms with E-state index in [2.05, 4.69) is 25.1 Å². The van der Waals surface area contributed by atoms with E-state index in [1.807, 2.05) is 0 Å². The summed E-state index contributed by atoms with van der Waals surface area (Å²) in [7, 11) is 0. The molecule has 2 aliphatic rings. The Bertz CT molecular complexity index is 451. The van der Waals surface area contributed by atoms with Gasteiger partial charge in [0.1, 0.15) is 12.0 Å². The first-order chi connectivity index (χ1) is 10.3. The molecule has 0 aromatic carbocycles. The van der Waals surface area contributed by atoms with Crippen molar-refractivity contribution in [3.63, 3.8) is 0 Å². The zero-order chi connectivity index (χ0) is 14.5. The molecule has 116 valence electrons.